The van der Waals surface area contributed by atoms with Crippen molar-refractivity contribution in [1.82, 2.24) is 4.90 Å². The van der Waals surface area contributed by atoms with Gasteiger partial charge in [-0.15, -0.1) is 0 Å². The summed E-state index contributed by atoms with van der Waals surface area (Å²) in [5.74, 6) is 0.963. The zero-order valence-corrected chi connectivity index (χ0v) is 12.2. The largest absolute Gasteiger partial charge is 0.378 e. The average molecular weight is 274 g/mol. The van der Waals surface area contributed by atoms with Crippen LogP contribution < -0.4 is 10.2 Å². The molecule has 1 saturated heterocycles. The van der Waals surface area contributed by atoms with Gasteiger partial charge in [0.25, 0.3) is 0 Å². The summed E-state index contributed by atoms with van der Waals surface area (Å²) in [6.07, 6.45) is 0. The number of ether oxygens (including phenoxy) is 1. The van der Waals surface area contributed by atoms with Crippen LogP contribution in [0.15, 0.2) is 23.2 Å². The number of guanidine groups is 1. The van der Waals surface area contributed by atoms with Gasteiger partial charge in [-0.3, -0.25) is 4.99 Å². The first kappa shape index (κ1) is 13.2. The van der Waals surface area contributed by atoms with Gasteiger partial charge in [-0.2, -0.15) is 0 Å². The monoisotopic (exact) mass is 274 g/mol. The fourth-order valence-electron chi connectivity index (χ4n) is 2.62. The minimum absolute atomic E-state index is 0.800. The summed E-state index contributed by atoms with van der Waals surface area (Å²) >= 11 is 0. The molecule has 5 heteroatoms. The minimum atomic E-state index is 0.800. The molecule has 0 spiro atoms. The van der Waals surface area contributed by atoms with Gasteiger partial charge >= 0.3 is 0 Å². The molecule has 0 aliphatic carbocycles. The molecule has 0 unspecified atom stereocenters. The Morgan fingerprint density at radius 2 is 2.00 bits per heavy atom. The molecule has 0 amide bonds. The first-order chi connectivity index (χ1) is 9.74. The molecule has 0 bridgehead atoms. The fraction of sp³-hybridized carbons (Fsp3) is 0.533. The van der Waals surface area contributed by atoms with Gasteiger partial charge in [0.05, 0.1) is 31.1 Å². The summed E-state index contributed by atoms with van der Waals surface area (Å²) in [5, 5.41) is 3.49. The smallest absolute Gasteiger partial charge is 0.198 e. The molecule has 1 fully saturated rings. The molecule has 0 radical (unpaired) electrons. The van der Waals surface area contributed by atoms with Crippen LogP contribution in [0.25, 0.3) is 0 Å². The van der Waals surface area contributed by atoms with Crippen LogP contribution >= 0.6 is 0 Å². The summed E-state index contributed by atoms with van der Waals surface area (Å²) in [7, 11) is 2.07. The SMILES string of the molecule is Cc1ccc(N2CCOCC2)c(NC2=NCCN2C)c1. The van der Waals surface area contributed by atoms with Gasteiger partial charge in [0.2, 0.25) is 0 Å². The van der Waals surface area contributed by atoms with Crippen LogP contribution in [-0.4, -0.2) is 57.3 Å². The lowest BCUT2D eigenvalue weighted by Crippen LogP contribution is -2.37. The highest BCUT2D eigenvalue weighted by atomic mass is 16.5. The molecule has 0 saturated carbocycles. The zero-order valence-electron chi connectivity index (χ0n) is 12.2. The quantitative estimate of drug-likeness (QED) is 0.888. The lowest BCUT2D eigenvalue weighted by molar-refractivity contribution is 0.123. The lowest BCUT2D eigenvalue weighted by Gasteiger charge is -2.31. The van der Waals surface area contributed by atoms with Crippen molar-refractivity contribution < 1.29 is 4.74 Å². The van der Waals surface area contributed by atoms with Gasteiger partial charge in [-0.25, -0.2) is 0 Å². The standard InChI is InChI=1S/C15H22N4O/c1-12-3-4-14(19-7-9-20-10-8-19)13(11-12)17-15-16-5-6-18(15)2/h3-4,11H,5-10H2,1-2H3,(H,16,17). The van der Waals surface area contributed by atoms with Crippen molar-refractivity contribution in [3.63, 3.8) is 0 Å². The van der Waals surface area contributed by atoms with Crippen LogP contribution in [-0.2, 0) is 4.74 Å². The second-order valence-electron chi connectivity index (χ2n) is 5.37. The van der Waals surface area contributed by atoms with E-state index in [-0.39, 0.29) is 0 Å². The molecule has 2 aliphatic heterocycles. The first-order valence-corrected chi connectivity index (χ1v) is 7.20. The predicted octanol–water partition coefficient (Wildman–Crippen LogP) is 1.54. The van der Waals surface area contributed by atoms with E-state index in [9.17, 15) is 0 Å². The van der Waals surface area contributed by atoms with Crippen LogP contribution in [0.4, 0.5) is 11.4 Å². The molecule has 1 aromatic rings. The highest BCUT2D eigenvalue weighted by molar-refractivity contribution is 5.97. The van der Waals surface area contributed by atoms with Gasteiger partial charge in [-0.05, 0) is 24.6 Å². The summed E-state index contributed by atoms with van der Waals surface area (Å²) in [5.41, 5.74) is 3.63. The third-order valence-electron chi connectivity index (χ3n) is 3.81. The molecule has 3 rings (SSSR count). The highest BCUT2D eigenvalue weighted by Crippen LogP contribution is 2.28. The number of aryl methyl sites for hydroxylation is 1. The van der Waals surface area contributed by atoms with Crippen molar-refractivity contribution in [2.24, 2.45) is 4.99 Å². The van der Waals surface area contributed by atoms with E-state index in [1.54, 1.807) is 0 Å². The first-order valence-electron chi connectivity index (χ1n) is 7.20. The maximum atomic E-state index is 5.44. The van der Waals surface area contributed by atoms with E-state index in [1.165, 1.54) is 11.3 Å². The van der Waals surface area contributed by atoms with E-state index in [0.29, 0.717) is 0 Å². The molecule has 0 atom stereocenters. The second-order valence-corrected chi connectivity index (χ2v) is 5.37. The normalized spacial score (nSPS) is 19.2. The van der Waals surface area contributed by atoms with Crippen molar-refractivity contribution in [1.29, 1.82) is 0 Å². The number of aliphatic imine (C=N–C) groups is 1. The molecule has 108 valence electrons. The molecule has 0 aromatic heterocycles. The summed E-state index contributed by atoms with van der Waals surface area (Å²) in [6.45, 7) is 7.47. The maximum Gasteiger partial charge on any atom is 0.198 e. The Bertz CT molecular complexity index is 509. The van der Waals surface area contributed by atoms with Crippen molar-refractivity contribution in [3.05, 3.63) is 23.8 Å². The Kier molecular flexibility index (Phi) is 3.78. The number of likely N-dealkylation sites (N-methyl/N-ethyl adjacent to an activating group) is 1. The van der Waals surface area contributed by atoms with Gasteiger partial charge in [0.1, 0.15) is 0 Å². The Labute approximate surface area is 120 Å². The highest BCUT2D eigenvalue weighted by Gasteiger charge is 2.18. The zero-order chi connectivity index (χ0) is 13.9. The number of hydrogen-bond acceptors (Lipinski definition) is 5. The van der Waals surface area contributed by atoms with Crippen molar-refractivity contribution >= 4 is 17.3 Å². The van der Waals surface area contributed by atoms with Crippen LogP contribution in [0.3, 0.4) is 0 Å². The lowest BCUT2D eigenvalue weighted by atomic mass is 10.1. The molecule has 1 N–H and O–H groups in total. The number of morpholine rings is 1. The van der Waals surface area contributed by atoms with E-state index in [2.05, 4.69) is 52.3 Å². The molecule has 20 heavy (non-hydrogen) atoms. The van der Waals surface area contributed by atoms with Gasteiger partial charge in [-0.1, -0.05) is 6.07 Å². The molecule has 2 heterocycles. The predicted molar refractivity (Wildman–Crippen MR) is 82.8 cm³/mol. The molecular formula is C15H22N4O. The van der Waals surface area contributed by atoms with Gasteiger partial charge in [0.15, 0.2) is 5.96 Å². The van der Waals surface area contributed by atoms with E-state index in [0.717, 1.165) is 51.0 Å². The van der Waals surface area contributed by atoms with Crippen LogP contribution in [0.5, 0.6) is 0 Å². The minimum Gasteiger partial charge on any atom is -0.378 e. The summed E-state index contributed by atoms with van der Waals surface area (Å²) in [6, 6.07) is 6.55. The van der Waals surface area contributed by atoms with E-state index in [4.69, 9.17) is 4.74 Å². The van der Waals surface area contributed by atoms with Crippen LogP contribution in [0, 0.1) is 6.92 Å². The molecule has 2 aliphatic rings. The number of rotatable bonds is 2. The van der Waals surface area contributed by atoms with Gasteiger partial charge < -0.3 is 19.9 Å². The average Bonchev–Trinajstić information content (AvgIpc) is 2.85. The number of nitrogens with zero attached hydrogens (tertiary/aromatic N) is 3. The van der Waals surface area contributed by atoms with Crippen molar-refractivity contribution in [2.45, 2.75) is 6.92 Å². The van der Waals surface area contributed by atoms with Crippen LogP contribution in [0.1, 0.15) is 5.56 Å². The third-order valence-corrected chi connectivity index (χ3v) is 3.81. The summed E-state index contributed by atoms with van der Waals surface area (Å²) < 4.78 is 5.44. The Balaban J connectivity index is 1.85. The third kappa shape index (κ3) is 2.72. The molecule has 5 nitrogen and oxygen atoms in total. The Morgan fingerprint density at radius 1 is 1.20 bits per heavy atom. The van der Waals surface area contributed by atoms with Crippen LogP contribution in [0.2, 0.25) is 0 Å². The number of anilines is 2. The van der Waals surface area contributed by atoms with E-state index in [1.807, 2.05) is 0 Å². The van der Waals surface area contributed by atoms with Crippen molar-refractivity contribution in [3.8, 4) is 0 Å². The second kappa shape index (κ2) is 5.71. The molecule has 1 aromatic carbocycles. The van der Waals surface area contributed by atoms with E-state index < -0.39 is 0 Å². The molecular weight excluding hydrogens is 252 g/mol. The van der Waals surface area contributed by atoms with Crippen molar-refractivity contribution in [2.75, 3.05) is 56.7 Å². The van der Waals surface area contributed by atoms with Gasteiger partial charge in [0, 0.05) is 26.7 Å². The summed E-state index contributed by atoms with van der Waals surface area (Å²) in [4.78, 5) is 9.05. The number of hydrogen-bond donors (Lipinski definition) is 1. The topological polar surface area (TPSA) is 40.1 Å². The Morgan fingerprint density at radius 3 is 2.70 bits per heavy atom. The van der Waals surface area contributed by atoms with E-state index >= 15 is 0 Å². The number of benzene rings is 1. The maximum absolute atomic E-state index is 5.44. The fourth-order valence-corrected chi connectivity index (χ4v) is 2.62. The Hall–Kier alpha value is -1.75. The number of nitrogens with one attached hydrogen (secondary N) is 1.